The zero-order valence-electron chi connectivity index (χ0n) is 11.4. The minimum absolute atomic E-state index is 0.0272. The number of rotatable bonds is 3. The quantitative estimate of drug-likeness (QED) is 0.823. The highest BCUT2D eigenvalue weighted by molar-refractivity contribution is 6.31. The molecule has 0 radical (unpaired) electrons. The molecule has 1 fully saturated rings. The lowest BCUT2D eigenvalue weighted by atomic mass is 9.78. The lowest BCUT2D eigenvalue weighted by Crippen LogP contribution is -2.52. The number of carbonyl (C=O) groups is 1. The standard InChI is InChI=1S/C15H18Cl2FNO/c1-10-5-7-15(9-16,8-6-10)19-14(20)11-3-2-4-12(17)13(11)18/h2-4,10H,5-9H2,1H3,(H,19,20). The third-order valence-corrected chi connectivity index (χ3v) is 4.87. The van der Waals surface area contributed by atoms with Crippen LogP contribution in [0.2, 0.25) is 5.02 Å². The molecule has 0 heterocycles. The first kappa shape index (κ1) is 15.6. The van der Waals surface area contributed by atoms with Crippen molar-refractivity contribution < 1.29 is 9.18 Å². The van der Waals surface area contributed by atoms with Crippen molar-refractivity contribution in [2.75, 3.05) is 5.88 Å². The number of hydrogen-bond acceptors (Lipinski definition) is 1. The van der Waals surface area contributed by atoms with Crippen molar-refractivity contribution in [2.45, 2.75) is 38.1 Å². The van der Waals surface area contributed by atoms with E-state index in [0.29, 0.717) is 11.8 Å². The van der Waals surface area contributed by atoms with Gasteiger partial charge < -0.3 is 5.32 Å². The van der Waals surface area contributed by atoms with Gasteiger partial charge in [-0.05, 0) is 43.7 Å². The molecule has 1 aliphatic carbocycles. The van der Waals surface area contributed by atoms with Gasteiger partial charge in [0.1, 0.15) is 0 Å². The van der Waals surface area contributed by atoms with Crippen LogP contribution in [0.15, 0.2) is 18.2 Å². The van der Waals surface area contributed by atoms with Gasteiger partial charge >= 0.3 is 0 Å². The van der Waals surface area contributed by atoms with E-state index in [1.54, 1.807) is 6.07 Å². The molecule has 0 aromatic heterocycles. The van der Waals surface area contributed by atoms with Gasteiger partial charge in [-0.15, -0.1) is 11.6 Å². The Morgan fingerprint density at radius 3 is 2.70 bits per heavy atom. The number of halogens is 3. The van der Waals surface area contributed by atoms with Crippen LogP contribution >= 0.6 is 23.2 Å². The number of nitrogens with one attached hydrogen (secondary N) is 1. The molecule has 5 heteroatoms. The Morgan fingerprint density at radius 2 is 2.10 bits per heavy atom. The van der Waals surface area contributed by atoms with Crippen LogP contribution in [-0.4, -0.2) is 17.3 Å². The third kappa shape index (κ3) is 3.26. The Hall–Kier alpha value is -0.800. The Kier molecular flexibility index (Phi) is 4.92. The SMILES string of the molecule is CC1CCC(CCl)(NC(=O)c2cccc(Cl)c2F)CC1. The number of benzene rings is 1. The smallest absolute Gasteiger partial charge is 0.254 e. The molecule has 1 aliphatic rings. The molecule has 110 valence electrons. The second-order valence-corrected chi connectivity index (χ2v) is 6.33. The Labute approximate surface area is 128 Å². The summed E-state index contributed by atoms with van der Waals surface area (Å²) in [5.74, 6) is -0.139. The van der Waals surface area contributed by atoms with Gasteiger partial charge in [-0.25, -0.2) is 4.39 Å². The molecular weight excluding hydrogens is 300 g/mol. The van der Waals surface area contributed by atoms with Crippen LogP contribution in [0.1, 0.15) is 43.0 Å². The lowest BCUT2D eigenvalue weighted by molar-refractivity contribution is 0.0868. The van der Waals surface area contributed by atoms with Crippen molar-refractivity contribution in [3.05, 3.63) is 34.6 Å². The highest BCUT2D eigenvalue weighted by Gasteiger charge is 2.35. The first-order chi connectivity index (χ1) is 9.47. The largest absolute Gasteiger partial charge is 0.345 e. The molecule has 1 saturated carbocycles. The monoisotopic (exact) mass is 317 g/mol. The van der Waals surface area contributed by atoms with Crippen LogP contribution in [0.4, 0.5) is 4.39 Å². The first-order valence-electron chi connectivity index (χ1n) is 6.80. The molecule has 0 bridgehead atoms. The number of carbonyl (C=O) groups excluding carboxylic acids is 1. The van der Waals surface area contributed by atoms with E-state index in [0.717, 1.165) is 25.7 Å². The second-order valence-electron chi connectivity index (χ2n) is 5.65. The van der Waals surface area contributed by atoms with Crippen LogP contribution in [0, 0.1) is 11.7 Å². The predicted octanol–water partition coefficient (Wildman–Crippen LogP) is 4.40. The summed E-state index contributed by atoms with van der Waals surface area (Å²) in [6, 6.07) is 4.42. The molecule has 1 aromatic rings. The molecule has 0 aliphatic heterocycles. The Morgan fingerprint density at radius 1 is 1.45 bits per heavy atom. The maximum absolute atomic E-state index is 13.9. The van der Waals surface area contributed by atoms with Gasteiger partial charge in [-0.3, -0.25) is 4.79 Å². The molecule has 0 saturated heterocycles. The van der Waals surface area contributed by atoms with Gasteiger partial charge in [0, 0.05) is 5.88 Å². The van der Waals surface area contributed by atoms with Gasteiger partial charge in [0.2, 0.25) is 0 Å². The summed E-state index contributed by atoms with van der Waals surface area (Å²) in [4.78, 5) is 12.3. The number of hydrogen-bond donors (Lipinski definition) is 1. The van der Waals surface area contributed by atoms with Crippen molar-refractivity contribution in [1.29, 1.82) is 0 Å². The van der Waals surface area contributed by atoms with E-state index < -0.39 is 17.3 Å². The molecule has 2 nitrogen and oxygen atoms in total. The molecular formula is C15H18Cl2FNO. The Bertz CT molecular complexity index is 499. The van der Waals surface area contributed by atoms with E-state index in [9.17, 15) is 9.18 Å². The minimum Gasteiger partial charge on any atom is -0.345 e. The number of alkyl halides is 1. The van der Waals surface area contributed by atoms with E-state index >= 15 is 0 Å². The molecule has 1 N–H and O–H groups in total. The van der Waals surface area contributed by atoms with E-state index in [1.807, 2.05) is 0 Å². The molecule has 0 unspecified atom stereocenters. The number of amides is 1. The summed E-state index contributed by atoms with van der Waals surface area (Å²) < 4.78 is 13.9. The van der Waals surface area contributed by atoms with Gasteiger partial charge in [0.15, 0.2) is 5.82 Å². The third-order valence-electron chi connectivity index (χ3n) is 4.06. The van der Waals surface area contributed by atoms with Crippen molar-refractivity contribution in [1.82, 2.24) is 5.32 Å². The molecule has 0 atom stereocenters. The average Bonchev–Trinajstić information content (AvgIpc) is 2.44. The summed E-state index contributed by atoms with van der Waals surface area (Å²) in [6.07, 6.45) is 3.69. The highest BCUT2D eigenvalue weighted by Crippen LogP contribution is 2.33. The van der Waals surface area contributed by atoms with Crippen molar-refractivity contribution in [3.63, 3.8) is 0 Å². The van der Waals surface area contributed by atoms with E-state index in [1.165, 1.54) is 12.1 Å². The fourth-order valence-corrected chi connectivity index (χ4v) is 3.10. The predicted molar refractivity (Wildman–Crippen MR) is 80.0 cm³/mol. The fraction of sp³-hybridized carbons (Fsp3) is 0.533. The van der Waals surface area contributed by atoms with Crippen LogP contribution in [0.25, 0.3) is 0 Å². The van der Waals surface area contributed by atoms with Crippen molar-refractivity contribution >= 4 is 29.1 Å². The fourth-order valence-electron chi connectivity index (χ4n) is 2.59. The van der Waals surface area contributed by atoms with Gasteiger partial charge in [0.25, 0.3) is 5.91 Å². The normalized spacial score (nSPS) is 26.3. The second kappa shape index (κ2) is 6.31. The van der Waals surface area contributed by atoms with Crippen LogP contribution < -0.4 is 5.32 Å². The zero-order chi connectivity index (χ0) is 14.8. The maximum Gasteiger partial charge on any atom is 0.254 e. The highest BCUT2D eigenvalue weighted by atomic mass is 35.5. The molecule has 1 amide bonds. The van der Waals surface area contributed by atoms with E-state index in [-0.39, 0.29) is 10.6 Å². The summed E-state index contributed by atoms with van der Waals surface area (Å²) >= 11 is 11.8. The zero-order valence-corrected chi connectivity index (χ0v) is 12.9. The molecule has 0 spiro atoms. The van der Waals surface area contributed by atoms with Gasteiger partial charge in [-0.1, -0.05) is 24.6 Å². The van der Waals surface area contributed by atoms with E-state index in [2.05, 4.69) is 12.2 Å². The lowest BCUT2D eigenvalue weighted by Gasteiger charge is -2.38. The Balaban J connectivity index is 2.15. The average molecular weight is 318 g/mol. The van der Waals surface area contributed by atoms with Crippen molar-refractivity contribution in [2.24, 2.45) is 5.92 Å². The summed E-state index contributed by atoms with van der Waals surface area (Å²) in [5.41, 5.74) is -0.458. The maximum atomic E-state index is 13.9. The topological polar surface area (TPSA) is 29.1 Å². The molecule has 20 heavy (non-hydrogen) atoms. The first-order valence-corrected chi connectivity index (χ1v) is 7.71. The summed E-state index contributed by atoms with van der Waals surface area (Å²) in [5, 5.41) is 2.87. The molecule has 1 aromatic carbocycles. The van der Waals surface area contributed by atoms with Crippen LogP contribution in [0.3, 0.4) is 0 Å². The molecule has 2 rings (SSSR count). The van der Waals surface area contributed by atoms with Crippen LogP contribution in [-0.2, 0) is 0 Å². The van der Waals surface area contributed by atoms with E-state index in [4.69, 9.17) is 23.2 Å². The summed E-state index contributed by atoms with van der Waals surface area (Å²) in [7, 11) is 0. The van der Waals surface area contributed by atoms with Gasteiger partial charge in [-0.2, -0.15) is 0 Å². The minimum atomic E-state index is -0.680. The van der Waals surface area contributed by atoms with Gasteiger partial charge in [0.05, 0.1) is 16.1 Å². The van der Waals surface area contributed by atoms with Crippen molar-refractivity contribution in [3.8, 4) is 0 Å². The van der Waals surface area contributed by atoms with Crippen LogP contribution in [0.5, 0.6) is 0 Å². The summed E-state index contributed by atoms with van der Waals surface area (Å²) in [6.45, 7) is 2.19.